The second-order valence-corrected chi connectivity index (χ2v) is 7.64. The van der Waals surface area contributed by atoms with Gasteiger partial charge in [0.1, 0.15) is 6.04 Å². The second-order valence-electron chi connectivity index (χ2n) is 7.64. The summed E-state index contributed by atoms with van der Waals surface area (Å²) in [6.45, 7) is 4.75. The van der Waals surface area contributed by atoms with Crippen LogP contribution in [-0.4, -0.2) is 41.2 Å². The largest absolute Gasteiger partial charge is 0.454 e. The molecule has 3 atom stereocenters. The van der Waals surface area contributed by atoms with Crippen LogP contribution in [0.1, 0.15) is 43.7 Å². The second kappa shape index (κ2) is 8.12. The molecule has 2 aliphatic rings. The Morgan fingerprint density at radius 1 is 1.11 bits per heavy atom. The first-order valence-electron chi connectivity index (χ1n) is 9.71. The first-order chi connectivity index (χ1) is 13.3. The topological polar surface area (TPSA) is 92.8 Å². The molecule has 2 fully saturated rings. The minimum atomic E-state index is -1.03. The summed E-state index contributed by atoms with van der Waals surface area (Å²) in [7, 11) is 0. The van der Waals surface area contributed by atoms with Gasteiger partial charge in [0.05, 0.1) is 11.8 Å². The number of hydrogen-bond acceptors (Lipinski definition) is 5. The van der Waals surface area contributed by atoms with Gasteiger partial charge in [0, 0.05) is 5.69 Å². The molecule has 0 unspecified atom stereocenters. The number of benzene rings is 1. The minimum Gasteiger partial charge on any atom is -0.454 e. The SMILES string of the molecule is Cc1cccc(C)c1NC(=O)COC(=O)[C@H](C)N1C(=O)[C@H]2CCCC[C@@H]2C1=O. The zero-order valence-corrected chi connectivity index (χ0v) is 16.5. The standard InChI is InChI=1S/C21H26N2O5/c1-12-7-6-8-13(2)18(12)22-17(24)11-28-21(27)14(3)23-19(25)15-9-4-5-10-16(15)20(23)26/h6-8,14-16H,4-5,9-11H2,1-3H3,(H,22,24)/t14-,15-,16-/m0/s1. The Labute approximate surface area is 164 Å². The molecule has 0 bridgehead atoms. The van der Waals surface area contributed by atoms with E-state index in [1.807, 2.05) is 32.0 Å². The maximum absolute atomic E-state index is 12.6. The molecular formula is C21H26N2O5. The number of fused-ring (bicyclic) bond motifs is 1. The molecule has 1 N–H and O–H groups in total. The highest BCUT2D eigenvalue weighted by Crippen LogP contribution is 2.38. The normalized spacial score (nSPS) is 22.6. The van der Waals surface area contributed by atoms with E-state index in [0.29, 0.717) is 18.5 Å². The molecule has 7 heteroatoms. The number of hydrogen-bond donors (Lipinski definition) is 1. The van der Waals surface area contributed by atoms with Gasteiger partial charge in [-0.15, -0.1) is 0 Å². The summed E-state index contributed by atoms with van der Waals surface area (Å²) in [6.07, 6.45) is 3.22. The van der Waals surface area contributed by atoms with Crippen molar-refractivity contribution in [2.75, 3.05) is 11.9 Å². The highest BCUT2D eigenvalue weighted by Gasteiger charge is 2.51. The van der Waals surface area contributed by atoms with E-state index >= 15 is 0 Å². The van der Waals surface area contributed by atoms with E-state index in [2.05, 4.69) is 5.32 Å². The van der Waals surface area contributed by atoms with Gasteiger partial charge in [0.25, 0.3) is 5.91 Å². The monoisotopic (exact) mass is 386 g/mol. The number of imide groups is 1. The fourth-order valence-electron chi connectivity index (χ4n) is 4.12. The van der Waals surface area contributed by atoms with Gasteiger partial charge >= 0.3 is 5.97 Å². The van der Waals surface area contributed by atoms with E-state index in [0.717, 1.165) is 28.9 Å². The number of nitrogens with zero attached hydrogens (tertiary/aromatic N) is 1. The number of amides is 3. The van der Waals surface area contributed by atoms with E-state index in [4.69, 9.17) is 4.74 Å². The first kappa shape index (κ1) is 20.0. The van der Waals surface area contributed by atoms with Crippen LogP contribution in [-0.2, 0) is 23.9 Å². The summed E-state index contributed by atoms with van der Waals surface area (Å²) in [5.74, 6) is -2.44. The lowest BCUT2D eigenvalue weighted by Crippen LogP contribution is -2.45. The van der Waals surface area contributed by atoms with Crippen molar-refractivity contribution >= 4 is 29.4 Å². The Morgan fingerprint density at radius 2 is 1.64 bits per heavy atom. The summed E-state index contributed by atoms with van der Waals surface area (Å²) in [6, 6.07) is 4.61. The van der Waals surface area contributed by atoms with Gasteiger partial charge in [0.15, 0.2) is 6.61 Å². The molecule has 0 spiro atoms. The van der Waals surface area contributed by atoms with Gasteiger partial charge in [0.2, 0.25) is 11.8 Å². The van der Waals surface area contributed by atoms with Crippen molar-refractivity contribution < 1.29 is 23.9 Å². The fraction of sp³-hybridized carbons (Fsp3) is 0.524. The molecule has 0 aromatic heterocycles. The van der Waals surface area contributed by atoms with Crippen molar-refractivity contribution in [3.05, 3.63) is 29.3 Å². The van der Waals surface area contributed by atoms with E-state index in [9.17, 15) is 19.2 Å². The number of anilines is 1. The van der Waals surface area contributed by atoms with Crippen molar-refractivity contribution in [3.63, 3.8) is 0 Å². The molecule has 1 aromatic carbocycles. The molecule has 1 saturated heterocycles. The summed E-state index contributed by atoms with van der Waals surface area (Å²) in [5.41, 5.74) is 2.50. The number of ether oxygens (including phenoxy) is 1. The lowest BCUT2D eigenvalue weighted by Gasteiger charge is -2.21. The molecule has 1 aromatic rings. The maximum Gasteiger partial charge on any atom is 0.329 e. The quantitative estimate of drug-likeness (QED) is 0.619. The zero-order chi connectivity index (χ0) is 20.4. The summed E-state index contributed by atoms with van der Waals surface area (Å²) < 4.78 is 5.08. The first-order valence-corrected chi connectivity index (χ1v) is 9.71. The molecule has 1 aliphatic carbocycles. The number of rotatable bonds is 5. The van der Waals surface area contributed by atoms with Crippen LogP contribution in [0.3, 0.4) is 0 Å². The van der Waals surface area contributed by atoms with Gasteiger partial charge in [-0.25, -0.2) is 4.79 Å². The van der Waals surface area contributed by atoms with Gasteiger partial charge < -0.3 is 10.1 Å². The predicted octanol–water partition coefficient (Wildman–Crippen LogP) is 2.35. The molecule has 28 heavy (non-hydrogen) atoms. The van der Waals surface area contributed by atoms with Crippen LogP contribution in [0.2, 0.25) is 0 Å². The molecular weight excluding hydrogens is 360 g/mol. The maximum atomic E-state index is 12.6. The highest BCUT2D eigenvalue weighted by molar-refractivity contribution is 6.08. The number of carbonyl (C=O) groups excluding carboxylic acids is 4. The third-order valence-corrected chi connectivity index (χ3v) is 5.69. The Hall–Kier alpha value is -2.70. The van der Waals surface area contributed by atoms with Crippen molar-refractivity contribution in [1.29, 1.82) is 0 Å². The molecule has 3 amide bonds. The summed E-state index contributed by atoms with van der Waals surface area (Å²) in [4.78, 5) is 50.7. The lowest BCUT2D eigenvalue weighted by atomic mass is 9.81. The van der Waals surface area contributed by atoms with Crippen molar-refractivity contribution in [3.8, 4) is 0 Å². The number of esters is 1. The summed E-state index contributed by atoms with van der Waals surface area (Å²) in [5, 5.41) is 2.74. The molecule has 3 rings (SSSR count). The highest BCUT2D eigenvalue weighted by atomic mass is 16.5. The van der Waals surface area contributed by atoms with Crippen LogP contribution in [0.25, 0.3) is 0 Å². The minimum absolute atomic E-state index is 0.292. The molecule has 7 nitrogen and oxygen atoms in total. The van der Waals surface area contributed by atoms with Crippen molar-refractivity contribution in [2.24, 2.45) is 11.8 Å². The van der Waals surface area contributed by atoms with Crippen LogP contribution in [0.4, 0.5) is 5.69 Å². The predicted molar refractivity (Wildman–Crippen MR) is 102 cm³/mol. The molecule has 1 aliphatic heterocycles. The summed E-state index contributed by atoms with van der Waals surface area (Å²) >= 11 is 0. The number of nitrogens with one attached hydrogen (secondary N) is 1. The van der Waals surface area contributed by atoms with Crippen LogP contribution in [0.15, 0.2) is 18.2 Å². The Morgan fingerprint density at radius 3 is 2.18 bits per heavy atom. The number of carbonyl (C=O) groups is 4. The smallest absolute Gasteiger partial charge is 0.329 e. The Balaban J connectivity index is 1.58. The van der Waals surface area contributed by atoms with E-state index < -0.39 is 24.5 Å². The third-order valence-electron chi connectivity index (χ3n) is 5.69. The lowest BCUT2D eigenvalue weighted by molar-refractivity contribution is -0.159. The number of para-hydroxylation sites is 1. The van der Waals surface area contributed by atoms with Crippen LogP contribution < -0.4 is 5.32 Å². The van der Waals surface area contributed by atoms with E-state index in [1.54, 1.807) is 0 Å². The Kier molecular flexibility index (Phi) is 5.82. The zero-order valence-electron chi connectivity index (χ0n) is 16.5. The van der Waals surface area contributed by atoms with Crippen LogP contribution >= 0.6 is 0 Å². The average Bonchev–Trinajstić information content (AvgIpc) is 2.93. The van der Waals surface area contributed by atoms with Gasteiger partial charge in [-0.3, -0.25) is 19.3 Å². The van der Waals surface area contributed by atoms with Crippen molar-refractivity contribution in [1.82, 2.24) is 4.90 Å². The van der Waals surface area contributed by atoms with E-state index in [-0.39, 0.29) is 23.7 Å². The Bertz CT molecular complexity index is 775. The van der Waals surface area contributed by atoms with Crippen LogP contribution in [0.5, 0.6) is 0 Å². The van der Waals surface area contributed by atoms with Crippen molar-refractivity contribution in [2.45, 2.75) is 52.5 Å². The number of likely N-dealkylation sites (tertiary alicyclic amines) is 1. The van der Waals surface area contributed by atoms with E-state index in [1.165, 1.54) is 6.92 Å². The average molecular weight is 386 g/mol. The van der Waals surface area contributed by atoms with Gasteiger partial charge in [-0.1, -0.05) is 31.0 Å². The number of aryl methyl sites for hydroxylation is 2. The molecule has 0 radical (unpaired) electrons. The van der Waals surface area contributed by atoms with Gasteiger partial charge in [-0.05, 0) is 44.7 Å². The fourth-order valence-corrected chi connectivity index (χ4v) is 4.12. The third kappa shape index (κ3) is 3.79. The molecule has 150 valence electrons. The molecule has 1 saturated carbocycles. The van der Waals surface area contributed by atoms with Crippen LogP contribution in [0, 0.1) is 25.7 Å². The molecule has 1 heterocycles. The van der Waals surface area contributed by atoms with Gasteiger partial charge in [-0.2, -0.15) is 0 Å².